The molecule has 0 saturated heterocycles. The molecule has 0 fully saturated rings. The number of fused-ring (bicyclic) bond motifs is 2. The predicted octanol–water partition coefficient (Wildman–Crippen LogP) is 3.47. The maximum atomic E-state index is 13.1. The minimum absolute atomic E-state index is 0.0582. The highest BCUT2D eigenvalue weighted by Gasteiger charge is 2.23. The smallest absolute Gasteiger partial charge is 0.234 e. The number of amides is 1. The van der Waals surface area contributed by atoms with Crippen LogP contribution < -0.4 is 10.7 Å². The number of pyridine rings is 1. The molecule has 29 heavy (non-hydrogen) atoms. The van der Waals surface area contributed by atoms with Gasteiger partial charge >= 0.3 is 0 Å². The lowest BCUT2D eigenvalue weighted by Crippen LogP contribution is -2.41. The second-order valence-electron chi connectivity index (χ2n) is 7.71. The van der Waals surface area contributed by atoms with E-state index in [1.54, 1.807) is 0 Å². The van der Waals surface area contributed by atoms with E-state index in [0.29, 0.717) is 18.1 Å². The van der Waals surface area contributed by atoms with Crippen LogP contribution in [0.3, 0.4) is 0 Å². The highest BCUT2D eigenvalue weighted by Crippen LogP contribution is 2.22. The van der Waals surface area contributed by atoms with Gasteiger partial charge in [0.1, 0.15) is 0 Å². The molecule has 2 N–H and O–H groups in total. The van der Waals surface area contributed by atoms with Gasteiger partial charge in [-0.2, -0.15) is 0 Å². The molecule has 3 aromatic rings. The second-order valence-corrected chi connectivity index (χ2v) is 8.14. The standard InChI is InChI=1S/C23H24ClN3O2/c1-14-6-7-18-22(15(14)2)26-20-8-9-27(12-19(20)23(18)29)13-21(28)25-11-16-4-3-5-17(24)10-16/h3-7,10H,8-9,11-13H2,1-2H3,(H,25,28)(H,26,29). The average Bonchev–Trinajstić information content (AvgIpc) is 2.70. The first kappa shape index (κ1) is 19.7. The first-order valence-electron chi connectivity index (χ1n) is 9.80. The monoisotopic (exact) mass is 409 g/mol. The van der Waals surface area contributed by atoms with Gasteiger partial charge in [-0.05, 0) is 48.7 Å². The zero-order valence-corrected chi connectivity index (χ0v) is 17.4. The topological polar surface area (TPSA) is 65.2 Å². The number of H-pyrrole nitrogens is 1. The van der Waals surface area contributed by atoms with E-state index in [-0.39, 0.29) is 17.9 Å². The van der Waals surface area contributed by atoms with Gasteiger partial charge in [-0.1, -0.05) is 29.8 Å². The molecule has 2 heterocycles. The summed E-state index contributed by atoms with van der Waals surface area (Å²) < 4.78 is 0. The van der Waals surface area contributed by atoms with Crippen LogP contribution in [-0.4, -0.2) is 28.9 Å². The lowest BCUT2D eigenvalue weighted by molar-refractivity contribution is -0.122. The van der Waals surface area contributed by atoms with E-state index >= 15 is 0 Å². The highest BCUT2D eigenvalue weighted by molar-refractivity contribution is 6.30. The Kier molecular flexibility index (Phi) is 5.43. The molecule has 1 aliphatic heterocycles. The van der Waals surface area contributed by atoms with Crippen molar-refractivity contribution >= 4 is 28.4 Å². The van der Waals surface area contributed by atoms with Crippen LogP contribution in [0, 0.1) is 13.8 Å². The molecule has 2 aromatic carbocycles. The Bertz CT molecular complexity index is 1150. The molecule has 0 bridgehead atoms. The number of halogens is 1. The molecular formula is C23H24ClN3O2. The maximum Gasteiger partial charge on any atom is 0.234 e. The van der Waals surface area contributed by atoms with Crippen LogP contribution >= 0.6 is 11.6 Å². The number of benzene rings is 2. The number of nitrogens with one attached hydrogen (secondary N) is 2. The van der Waals surface area contributed by atoms with Gasteiger partial charge in [0, 0.05) is 47.7 Å². The van der Waals surface area contributed by atoms with Gasteiger partial charge in [-0.15, -0.1) is 0 Å². The summed E-state index contributed by atoms with van der Waals surface area (Å²) in [6.07, 6.45) is 0.732. The molecule has 0 aliphatic carbocycles. The summed E-state index contributed by atoms with van der Waals surface area (Å²) in [6, 6.07) is 11.3. The third-order valence-corrected chi connectivity index (χ3v) is 5.94. The van der Waals surface area contributed by atoms with Crippen molar-refractivity contribution in [3.05, 3.63) is 79.6 Å². The number of aromatic amines is 1. The SMILES string of the molecule is Cc1ccc2c(=O)c3c([nH]c2c1C)CCN(CC(=O)NCc1cccc(Cl)c1)C3. The normalized spacial score (nSPS) is 14.0. The van der Waals surface area contributed by atoms with Crippen LogP contribution in [0.1, 0.15) is 27.9 Å². The van der Waals surface area contributed by atoms with E-state index in [4.69, 9.17) is 11.6 Å². The van der Waals surface area contributed by atoms with Crippen molar-refractivity contribution in [1.29, 1.82) is 0 Å². The largest absolute Gasteiger partial charge is 0.358 e. The number of carbonyl (C=O) groups excluding carboxylic acids is 1. The molecular weight excluding hydrogens is 386 g/mol. The highest BCUT2D eigenvalue weighted by atomic mass is 35.5. The Labute approximate surface area is 174 Å². The summed E-state index contributed by atoms with van der Waals surface area (Å²) in [5.74, 6) is -0.0582. The third kappa shape index (κ3) is 4.07. The fraction of sp³-hybridized carbons (Fsp3) is 0.304. The number of aromatic nitrogens is 1. The van der Waals surface area contributed by atoms with Crippen molar-refractivity contribution in [2.24, 2.45) is 0 Å². The summed E-state index contributed by atoms with van der Waals surface area (Å²) in [5, 5.41) is 4.31. The molecule has 0 spiro atoms. The molecule has 6 heteroatoms. The number of carbonyl (C=O) groups is 1. The summed E-state index contributed by atoms with van der Waals surface area (Å²) in [4.78, 5) is 30.9. The van der Waals surface area contributed by atoms with Gasteiger partial charge in [0.2, 0.25) is 5.91 Å². The second kappa shape index (κ2) is 8.01. The third-order valence-electron chi connectivity index (χ3n) is 5.70. The van der Waals surface area contributed by atoms with E-state index in [2.05, 4.69) is 17.2 Å². The molecule has 0 atom stereocenters. The average molecular weight is 410 g/mol. The van der Waals surface area contributed by atoms with E-state index in [0.717, 1.165) is 46.3 Å². The van der Waals surface area contributed by atoms with Gasteiger partial charge < -0.3 is 10.3 Å². The number of nitrogens with zero attached hydrogens (tertiary/aromatic N) is 1. The summed E-state index contributed by atoms with van der Waals surface area (Å²) in [7, 11) is 0. The van der Waals surface area contributed by atoms with E-state index in [1.807, 2.05) is 48.2 Å². The first-order valence-corrected chi connectivity index (χ1v) is 10.2. The van der Waals surface area contributed by atoms with Crippen molar-refractivity contribution in [3.8, 4) is 0 Å². The molecule has 4 rings (SSSR count). The van der Waals surface area contributed by atoms with Crippen LogP contribution in [0.15, 0.2) is 41.2 Å². The zero-order chi connectivity index (χ0) is 20.5. The minimum atomic E-state index is -0.0582. The Hall–Kier alpha value is -2.63. The fourth-order valence-corrected chi connectivity index (χ4v) is 4.10. The van der Waals surface area contributed by atoms with Crippen molar-refractivity contribution < 1.29 is 4.79 Å². The lowest BCUT2D eigenvalue weighted by atomic mass is 9.99. The van der Waals surface area contributed by atoms with Crippen LogP contribution in [-0.2, 0) is 24.3 Å². The van der Waals surface area contributed by atoms with Crippen LogP contribution in [0.25, 0.3) is 10.9 Å². The summed E-state index contributed by atoms with van der Waals surface area (Å²) in [6.45, 7) is 6.02. The van der Waals surface area contributed by atoms with E-state index < -0.39 is 0 Å². The zero-order valence-electron chi connectivity index (χ0n) is 16.6. The Morgan fingerprint density at radius 1 is 1.24 bits per heavy atom. The fourth-order valence-electron chi connectivity index (χ4n) is 3.89. The Morgan fingerprint density at radius 3 is 2.86 bits per heavy atom. The van der Waals surface area contributed by atoms with Crippen LogP contribution in [0.2, 0.25) is 5.02 Å². The molecule has 5 nitrogen and oxygen atoms in total. The van der Waals surface area contributed by atoms with Gasteiger partial charge in [0.25, 0.3) is 0 Å². The van der Waals surface area contributed by atoms with Crippen molar-refractivity contribution in [2.45, 2.75) is 33.4 Å². The predicted molar refractivity (Wildman–Crippen MR) is 116 cm³/mol. The maximum absolute atomic E-state index is 13.1. The molecule has 0 radical (unpaired) electrons. The molecule has 1 amide bonds. The van der Waals surface area contributed by atoms with Gasteiger partial charge in [0.15, 0.2) is 5.43 Å². The number of hydrogen-bond acceptors (Lipinski definition) is 3. The molecule has 1 aromatic heterocycles. The molecule has 1 aliphatic rings. The Balaban J connectivity index is 1.47. The van der Waals surface area contributed by atoms with Crippen molar-refractivity contribution in [1.82, 2.24) is 15.2 Å². The molecule has 0 unspecified atom stereocenters. The number of aryl methyl sites for hydroxylation is 2. The van der Waals surface area contributed by atoms with Crippen molar-refractivity contribution in [2.75, 3.05) is 13.1 Å². The van der Waals surface area contributed by atoms with Gasteiger partial charge in [-0.3, -0.25) is 14.5 Å². The van der Waals surface area contributed by atoms with E-state index in [9.17, 15) is 9.59 Å². The number of hydrogen-bond donors (Lipinski definition) is 2. The van der Waals surface area contributed by atoms with Crippen LogP contribution in [0.5, 0.6) is 0 Å². The van der Waals surface area contributed by atoms with E-state index in [1.165, 1.54) is 5.56 Å². The molecule has 150 valence electrons. The first-order chi connectivity index (χ1) is 13.9. The summed E-state index contributed by atoms with van der Waals surface area (Å²) >= 11 is 5.98. The Morgan fingerprint density at radius 2 is 2.07 bits per heavy atom. The number of rotatable bonds is 4. The minimum Gasteiger partial charge on any atom is -0.358 e. The van der Waals surface area contributed by atoms with Gasteiger partial charge in [0.05, 0.1) is 12.1 Å². The summed E-state index contributed by atoms with van der Waals surface area (Å²) in [5.41, 5.74) is 6.01. The lowest BCUT2D eigenvalue weighted by Gasteiger charge is -2.28. The molecule has 0 saturated carbocycles. The van der Waals surface area contributed by atoms with Gasteiger partial charge in [-0.25, -0.2) is 0 Å². The quantitative estimate of drug-likeness (QED) is 0.693. The van der Waals surface area contributed by atoms with Crippen molar-refractivity contribution in [3.63, 3.8) is 0 Å². The van der Waals surface area contributed by atoms with Crippen LogP contribution in [0.4, 0.5) is 0 Å².